The Hall–Kier alpha value is -1.01. The normalized spacial score (nSPS) is 27.7. The van der Waals surface area contributed by atoms with Crippen LogP contribution in [0.25, 0.3) is 0 Å². The maximum Gasteiger partial charge on any atom is 0.317 e. The van der Waals surface area contributed by atoms with Crippen molar-refractivity contribution in [3.63, 3.8) is 0 Å². The van der Waals surface area contributed by atoms with E-state index in [0.29, 0.717) is 18.6 Å². The van der Waals surface area contributed by atoms with Gasteiger partial charge in [-0.3, -0.25) is 4.79 Å². The average Bonchev–Trinajstić information content (AvgIpc) is 3.14. The lowest BCUT2D eigenvalue weighted by Crippen LogP contribution is -2.53. The number of amides is 3. The summed E-state index contributed by atoms with van der Waals surface area (Å²) in [6, 6.07) is 0.784. The van der Waals surface area contributed by atoms with Gasteiger partial charge in [-0.1, -0.05) is 12.8 Å². The van der Waals surface area contributed by atoms with Crippen molar-refractivity contribution in [2.45, 2.75) is 63.5 Å². The van der Waals surface area contributed by atoms with E-state index in [0.717, 1.165) is 58.2 Å². The molecule has 3 fully saturated rings. The van der Waals surface area contributed by atoms with Crippen molar-refractivity contribution >= 4 is 24.3 Å². The van der Waals surface area contributed by atoms with Crippen LogP contribution in [0.5, 0.6) is 0 Å². The fourth-order valence-electron chi connectivity index (χ4n) is 4.37. The highest BCUT2D eigenvalue weighted by atomic mass is 35.5. The lowest BCUT2D eigenvalue weighted by atomic mass is 9.95. The van der Waals surface area contributed by atoms with E-state index in [9.17, 15) is 9.59 Å². The summed E-state index contributed by atoms with van der Waals surface area (Å²) in [5.41, 5.74) is 0. The van der Waals surface area contributed by atoms with Crippen LogP contribution in [0.1, 0.15) is 51.4 Å². The Morgan fingerprint density at radius 1 is 0.840 bits per heavy atom. The van der Waals surface area contributed by atoms with Crippen LogP contribution in [-0.4, -0.2) is 67.0 Å². The summed E-state index contributed by atoms with van der Waals surface area (Å²) >= 11 is 0. The fraction of sp³-hybridized carbons (Fsp3) is 0.889. The number of nitrogens with zero attached hydrogens (tertiary/aromatic N) is 2. The summed E-state index contributed by atoms with van der Waals surface area (Å²) < 4.78 is 0. The second-order valence-electron chi connectivity index (χ2n) is 7.63. The molecule has 0 spiro atoms. The third-order valence-corrected chi connectivity index (χ3v) is 5.88. The minimum Gasteiger partial charge on any atom is -0.341 e. The number of hydrogen-bond donors (Lipinski definition) is 2. The van der Waals surface area contributed by atoms with E-state index < -0.39 is 0 Å². The van der Waals surface area contributed by atoms with Gasteiger partial charge < -0.3 is 20.4 Å². The van der Waals surface area contributed by atoms with E-state index in [1.807, 2.05) is 16.8 Å². The first-order valence-electron chi connectivity index (χ1n) is 9.69. The standard InChI is InChI=1S/C18H32N4O2.ClH/c1-19-16-9-5-10-21(13-16)17(23)14-6-4-11-22(12-14)18(24)20-15-7-2-3-8-15;/h14-16,19H,2-13H2,1H3,(H,20,24);1H. The number of hydrogen-bond acceptors (Lipinski definition) is 3. The summed E-state index contributed by atoms with van der Waals surface area (Å²) in [5.74, 6) is 0.219. The van der Waals surface area contributed by atoms with Crippen LogP contribution in [0.4, 0.5) is 4.79 Å². The fourth-order valence-corrected chi connectivity index (χ4v) is 4.37. The van der Waals surface area contributed by atoms with Gasteiger partial charge in [0.05, 0.1) is 5.92 Å². The van der Waals surface area contributed by atoms with E-state index in [2.05, 4.69) is 10.6 Å². The van der Waals surface area contributed by atoms with Crippen LogP contribution in [-0.2, 0) is 4.79 Å². The molecule has 1 saturated carbocycles. The highest BCUT2D eigenvalue weighted by molar-refractivity contribution is 5.85. The van der Waals surface area contributed by atoms with Crippen LogP contribution in [0.2, 0.25) is 0 Å². The molecule has 25 heavy (non-hydrogen) atoms. The van der Waals surface area contributed by atoms with Gasteiger partial charge in [0.2, 0.25) is 5.91 Å². The van der Waals surface area contributed by atoms with E-state index >= 15 is 0 Å². The molecule has 1 aliphatic carbocycles. The average molecular weight is 373 g/mol. The number of likely N-dealkylation sites (tertiary alicyclic amines) is 2. The quantitative estimate of drug-likeness (QED) is 0.796. The van der Waals surface area contributed by atoms with Gasteiger partial charge in [0.25, 0.3) is 0 Å². The Kier molecular flexibility index (Phi) is 7.81. The monoisotopic (exact) mass is 372 g/mol. The Labute approximate surface area is 157 Å². The van der Waals surface area contributed by atoms with Crippen LogP contribution in [0.3, 0.4) is 0 Å². The first kappa shape index (κ1) is 20.3. The maximum atomic E-state index is 12.9. The number of halogens is 1. The lowest BCUT2D eigenvalue weighted by molar-refractivity contribution is -0.138. The van der Waals surface area contributed by atoms with Gasteiger partial charge in [-0.25, -0.2) is 4.79 Å². The minimum atomic E-state index is -0.0244. The van der Waals surface area contributed by atoms with Crippen molar-refractivity contribution in [1.82, 2.24) is 20.4 Å². The zero-order valence-corrected chi connectivity index (χ0v) is 16.2. The van der Waals surface area contributed by atoms with Gasteiger partial charge in [-0.2, -0.15) is 0 Å². The van der Waals surface area contributed by atoms with Gasteiger partial charge in [-0.05, 0) is 45.6 Å². The smallest absolute Gasteiger partial charge is 0.317 e. The zero-order valence-electron chi connectivity index (χ0n) is 15.3. The molecule has 3 rings (SSSR count). The van der Waals surface area contributed by atoms with Crippen molar-refractivity contribution in [2.75, 3.05) is 33.2 Å². The molecule has 6 nitrogen and oxygen atoms in total. The SMILES string of the molecule is CNC1CCCN(C(=O)C2CCCN(C(=O)NC3CCCC3)C2)C1.Cl. The Balaban J connectivity index is 0.00000225. The largest absolute Gasteiger partial charge is 0.341 e. The van der Waals surface area contributed by atoms with Crippen LogP contribution < -0.4 is 10.6 Å². The third kappa shape index (κ3) is 5.23. The van der Waals surface area contributed by atoms with Gasteiger partial charge in [0.1, 0.15) is 0 Å². The number of nitrogens with one attached hydrogen (secondary N) is 2. The molecule has 7 heteroatoms. The minimum absolute atomic E-state index is 0. The Bertz CT molecular complexity index is 456. The highest BCUT2D eigenvalue weighted by Gasteiger charge is 2.33. The molecule has 0 aromatic rings. The zero-order chi connectivity index (χ0) is 16.9. The van der Waals surface area contributed by atoms with Crippen LogP contribution in [0, 0.1) is 5.92 Å². The van der Waals surface area contributed by atoms with E-state index in [-0.39, 0.29) is 30.3 Å². The molecule has 3 amide bonds. The summed E-state index contributed by atoms with van der Waals surface area (Å²) in [4.78, 5) is 29.2. The van der Waals surface area contributed by atoms with Gasteiger partial charge >= 0.3 is 6.03 Å². The maximum absolute atomic E-state index is 12.9. The van der Waals surface area contributed by atoms with E-state index in [4.69, 9.17) is 0 Å². The molecule has 144 valence electrons. The first-order chi connectivity index (χ1) is 11.7. The van der Waals surface area contributed by atoms with Crippen molar-refractivity contribution in [1.29, 1.82) is 0 Å². The second kappa shape index (κ2) is 9.62. The molecule has 2 atom stereocenters. The summed E-state index contributed by atoms with van der Waals surface area (Å²) in [7, 11) is 1.97. The number of likely N-dealkylation sites (N-methyl/N-ethyl adjacent to an activating group) is 1. The van der Waals surface area contributed by atoms with Gasteiger partial charge in [-0.15, -0.1) is 12.4 Å². The third-order valence-electron chi connectivity index (χ3n) is 5.88. The predicted octanol–water partition coefficient (Wildman–Crippen LogP) is 1.98. The lowest BCUT2D eigenvalue weighted by Gasteiger charge is -2.38. The van der Waals surface area contributed by atoms with Crippen molar-refractivity contribution in [3.8, 4) is 0 Å². The van der Waals surface area contributed by atoms with Crippen LogP contribution in [0.15, 0.2) is 0 Å². The molecule has 3 aliphatic rings. The Morgan fingerprint density at radius 2 is 1.48 bits per heavy atom. The molecule has 2 saturated heterocycles. The number of rotatable bonds is 3. The topological polar surface area (TPSA) is 64.7 Å². The second-order valence-corrected chi connectivity index (χ2v) is 7.63. The number of carbonyl (C=O) groups is 2. The molecule has 0 bridgehead atoms. The van der Waals surface area contributed by atoms with Crippen LogP contribution >= 0.6 is 12.4 Å². The molecule has 0 radical (unpaired) electrons. The molecule has 2 N–H and O–H groups in total. The first-order valence-corrected chi connectivity index (χ1v) is 9.69. The number of carbonyl (C=O) groups excluding carboxylic acids is 2. The summed E-state index contributed by atoms with van der Waals surface area (Å²) in [6.07, 6.45) is 8.67. The molecule has 0 aromatic heterocycles. The van der Waals surface area contributed by atoms with Gasteiger partial charge in [0.15, 0.2) is 0 Å². The van der Waals surface area contributed by atoms with Crippen molar-refractivity contribution in [2.24, 2.45) is 5.92 Å². The van der Waals surface area contributed by atoms with E-state index in [1.54, 1.807) is 0 Å². The van der Waals surface area contributed by atoms with E-state index in [1.165, 1.54) is 12.8 Å². The molecular weight excluding hydrogens is 340 g/mol. The van der Waals surface area contributed by atoms with Crippen molar-refractivity contribution < 1.29 is 9.59 Å². The highest BCUT2D eigenvalue weighted by Crippen LogP contribution is 2.22. The molecular formula is C18H33ClN4O2. The Morgan fingerprint density at radius 3 is 2.20 bits per heavy atom. The molecule has 0 aromatic carbocycles. The molecule has 2 unspecified atom stereocenters. The van der Waals surface area contributed by atoms with Gasteiger partial charge in [0, 0.05) is 38.3 Å². The molecule has 2 heterocycles. The predicted molar refractivity (Wildman–Crippen MR) is 101 cm³/mol. The molecule has 2 aliphatic heterocycles. The number of piperidine rings is 2. The summed E-state index contributed by atoms with van der Waals surface area (Å²) in [5, 5.41) is 6.45. The van der Waals surface area contributed by atoms with Crippen molar-refractivity contribution in [3.05, 3.63) is 0 Å². The number of urea groups is 1. The summed E-state index contributed by atoms with van der Waals surface area (Å²) in [6.45, 7) is 3.03.